The summed E-state index contributed by atoms with van der Waals surface area (Å²) in [7, 11) is 0. The molecule has 1 aliphatic heterocycles. The molecule has 29 heavy (non-hydrogen) atoms. The molecule has 0 saturated carbocycles. The largest absolute Gasteiger partial charge is 0.463 e. The third kappa shape index (κ3) is 9.56. The average molecular weight is 418 g/mol. The third-order valence-electron chi connectivity index (χ3n) is 4.45. The van der Waals surface area contributed by atoms with Crippen molar-refractivity contribution in [2.24, 2.45) is 0 Å². The van der Waals surface area contributed by atoms with E-state index in [4.69, 9.17) is 23.7 Å². The first-order chi connectivity index (χ1) is 13.8. The van der Waals surface area contributed by atoms with E-state index in [2.05, 4.69) is 6.92 Å². The van der Waals surface area contributed by atoms with Gasteiger partial charge in [-0.15, -0.1) is 0 Å². The van der Waals surface area contributed by atoms with E-state index in [-0.39, 0.29) is 6.61 Å². The summed E-state index contributed by atoms with van der Waals surface area (Å²) >= 11 is 0. The maximum atomic E-state index is 11.5. The van der Waals surface area contributed by atoms with Gasteiger partial charge in [-0.2, -0.15) is 0 Å². The highest BCUT2D eigenvalue weighted by molar-refractivity contribution is 5.67. The first-order valence-electron chi connectivity index (χ1n) is 10.2. The molecule has 1 N–H and O–H groups in total. The predicted octanol–water partition coefficient (Wildman–Crippen LogP) is 1.88. The van der Waals surface area contributed by atoms with Crippen LogP contribution in [-0.2, 0) is 38.1 Å². The Morgan fingerprint density at radius 2 is 1.45 bits per heavy atom. The molecule has 1 fully saturated rings. The molecule has 0 aromatic rings. The SMILES string of the molecule is CCCCCCCCO[C@H]1O[C@H](COC(C)=O)[C@H](OC(C)=O)[C@H](OC(C)=O)[C@H]1O. The lowest BCUT2D eigenvalue weighted by Gasteiger charge is -2.42. The number of aliphatic hydroxyl groups excluding tert-OH is 1. The van der Waals surface area contributed by atoms with Gasteiger partial charge < -0.3 is 28.8 Å². The van der Waals surface area contributed by atoms with Gasteiger partial charge in [0.15, 0.2) is 18.5 Å². The molecule has 0 aromatic heterocycles. The Bertz CT molecular complexity index is 522. The summed E-state index contributed by atoms with van der Waals surface area (Å²) < 4.78 is 26.7. The molecule has 168 valence electrons. The lowest BCUT2D eigenvalue weighted by Crippen LogP contribution is -2.61. The number of unbranched alkanes of at least 4 members (excludes halogenated alkanes) is 5. The number of carbonyl (C=O) groups excluding carboxylic acids is 3. The Kier molecular flexibility index (Phi) is 11.8. The smallest absolute Gasteiger partial charge is 0.303 e. The molecule has 1 heterocycles. The summed E-state index contributed by atoms with van der Waals surface area (Å²) in [6.45, 7) is 5.85. The molecule has 5 atom stereocenters. The van der Waals surface area contributed by atoms with E-state index in [0.717, 1.165) is 19.3 Å². The zero-order chi connectivity index (χ0) is 21.8. The molecule has 0 unspecified atom stereocenters. The van der Waals surface area contributed by atoms with Gasteiger partial charge in [0.05, 0.1) is 0 Å². The molecular weight excluding hydrogens is 384 g/mol. The van der Waals surface area contributed by atoms with Gasteiger partial charge in [0.2, 0.25) is 0 Å². The van der Waals surface area contributed by atoms with Crippen LogP contribution in [-0.4, -0.2) is 66.9 Å². The number of carbonyl (C=O) groups is 3. The van der Waals surface area contributed by atoms with Crippen molar-refractivity contribution >= 4 is 17.9 Å². The second kappa shape index (κ2) is 13.5. The van der Waals surface area contributed by atoms with Gasteiger partial charge in [0.25, 0.3) is 0 Å². The molecule has 9 nitrogen and oxygen atoms in total. The molecule has 1 saturated heterocycles. The van der Waals surface area contributed by atoms with Gasteiger partial charge in [-0.3, -0.25) is 14.4 Å². The van der Waals surface area contributed by atoms with Crippen LogP contribution in [0, 0.1) is 0 Å². The van der Waals surface area contributed by atoms with Crippen LogP contribution < -0.4 is 0 Å². The molecule has 0 amide bonds. The van der Waals surface area contributed by atoms with Gasteiger partial charge >= 0.3 is 17.9 Å². The van der Waals surface area contributed by atoms with Crippen molar-refractivity contribution in [1.82, 2.24) is 0 Å². The van der Waals surface area contributed by atoms with Crippen molar-refractivity contribution in [3.8, 4) is 0 Å². The van der Waals surface area contributed by atoms with Crippen LogP contribution in [0.25, 0.3) is 0 Å². The van der Waals surface area contributed by atoms with Crippen LogP contribution >= 0.6 is 0 Å². The van der Waals surface area contributed by atoms with Crippen molar-refractivity contribution in [2.45, 2.75) is 96.9 Å². The standard InChI is InChI=1S/C20H34O9/c1-5-6-7-8-9-10-11-25-20-17(24)19(28-15(4)23)18(27-14(3)22)16(29-20)12-26-13(2)21/h16-20,24H,5-12H2,1-4H3/t16-,17-,18+,19-,20+/m1/s1. The fourth-order valence-electron chi connectivity index (χ4n) is 3.11. The van der Waals surface area contributed by atoms with Crippen LogP contribution in [0.5, 0.6) is 0 Å². The summed E-state index contributed by atoms with van der Waals surface area (Å²) in [4.78, 5) is 34.2. The number of hydrogen-bond acceptors (Lipinski definition) is 9. The minimum atomic E-state index is -1.36. The summed E-state index contributed by atoms with van der Waals surface area (Å²) in [5.41, 5.74) is 0. The fraction of sp³-hybridized carbons (Fsp3) is 0.850. The van der Waals surface area contributed by atoms with Crippen LogP contribution in [0.2, 0.25) is 0 Å². The Hall–Kier alpha value is -1.71. The number of rotatable bonds is 12. The summed E-state index contributed by atoms with van der Waals surface area (Å²) in [6, 6.07) is 0. The Morgan fingerprint density at radius 3 is 2.03 bits per heavy atom. The van der Waals surface area contributed by atoms with Gasteiger partial charge in [0, 0.05) is 27.4 Å². The molecule has 0 radical (unpaired) electrons. The topological polar surface area (TPSA) is 118 Å². The number of hydrogen-bond donors (Lipinski definition) is 1. The Morgan fingerprint density at radius 1 is 0.862 bits per heavy atom. The van der Waals surface area contributed by atoms with E-state index in [1.54, 1.807) is 0 Å². The van der Waals surface area contributed by atoms with Gasteiger partial charge in [-0.05, 0) is 6.42 Å². The summed E-state index contributed by atoms with van der Waals surface area (Å²) in [6.07, 6.45) is 0.644. The predicted molar refractivity (Wildman–Crippen MR) is 102 cm³/mol. The van der Waals surface area contributed by atoms with Gasteiger partial charge in [0.1, 0.15) is 18.8 Å². The molecule has 0 aromatic carbocycles. The maximum Gasteiger partial charge on any atom is 0.303 e. The normalized spacial score (nSPS) is 26.6. The molecule has 0 spiro atoms. The lowest BCUT2D eigenvalue weighted by atomic mass is 9.98. The summed E-state index contributed by atoms with van der Waals surface area (Å²) in [5.74, 6) is -1.86. The number of aliphatic hydroxyl groups is 1. The monoisotopic (exact) mass is 418 g/mol. The Balaban J connectivity index is 2.77. The van der Waals surface area contributed by atoms with E-state index in [9.17, 15) is 19.5 Å². The van der Waals surface area contributed by atoms with Crippen LogP contribution in [0.4, 0.5) is 0 Å². The highest BCUT2D eigenvalue weighted by Gasteiger charge is 2.50. The van der Waals surface area contributed by atoms with Crippen molar-refractivity contribution in [3.63, 3.8) is 0 Å². The minimum Gasteiger partial charge on any atom is -0.463 e. The molecule has 1 aliphatic rings. The van der Waals surface area contributed by atoms with Gasteiger partial charge in [-0.25, -0.2) is 0 Å². The molecule has 1 rings (SSSR count). The zero-order valence-electron chi connectivity index (χ0n) is 17.8. The van der Waals surface area contributed by atoms with Crippen LogP contribution in [0.3, 0.4) is 0 Å². The third-order valence-corrected chi connectivity index (χ3v) is 4.45. The second-order valence-electron chi connectivity index (χ2n) is 7.12. The number of esters is 3. The van der Waals surface area contributed by atoms with Crippen molar-refractivity contribution < 1.29 is 43.2 Å². The van der Waals surface area contributed by atoms with E-state index < -0.39 is 48.6 Å². The number of ether oxygens (including phenoxy) is 5. The van der Waals surface area contributed by atoms with Gasteiger partial charge in [-0.1, -0.05) is 39.0 Å². The van der Waals surface area contributed by atoms with Crippen LogP contribution in [0.1, 0.15) is 66.2 Å². The lowest BCUT2D eigenvalue weighted by molar-refractivity contribution is -0.305. The van der Waals surface area contributed by atoms with Crippen molar-refractivity contribution in [2.75, 3.05) is 13.2 Å². The molecule has 0 aliphatic carbocycles. The first kappa shape index (κ1) is 25.3. The van der Waals surface area contributed by atoms with E-state index >= 15 is 0 Å². The van der Waals surface area contributed by atoms with E-state index in [1.165, 1.54) is 40.0 Å². The van der Waals surface area contributed by atoms with Crippen molar-refractivity contribution in [3.05, 3.63) is 0 Å². The summed E-state index contributed by atoms with van der Waals surface area (Å²) in [5, 5.41) is 10.6. The molecule has 9 heteroatoms. The highest BCUT2D eigenvalue weighted by Crippen LogP contribution is 2.27. The van der Waals surface area contributed by atoms with E-state index in [0.29, 0.717) is 6.61 Å². The van der Waals surface area contributed by atoms with E-state index in [1.807, 2.05) is 0 Å². The average Bonchev–Trinajstić information content (AvgIpc) is 2.63. The first-order valence-corrected chi connectivity index (χ1v) is 10.2. The van der Waals surface area contributed by atoms with Crippen LogP contribution in [0.15, 0.2) is 0 Å². The molecule has 0 bridgehead atoms. The minimum absolute atomic E-state index is 0.241. The Labute approximate surface area is 172 Å². The quantitative estimate of drug-likeness (QED) is 0.288. The highest BCUT2D eigenvalue weighted by atomic mass is 16.7. The fourth-order valence-corrected chi connectivity index (χ4v) is 3.11. The second-order valence-corrected chi connectivity index (χ2v) is 7.12. The zero-order valence-corrected chi connectivity index (χ0v) is 17.8. The van der Waals surface area contributed by atoms with Crippen molar-refractivity contribution in [1.29, 1.82) is 0 Å². The molecular formula is C20H34O9. The maximum absolute atomic E-state index is 11.5.